The number of nitriles is 1. The van der Waals surface area contributed by atoms with Crippen LogP contribution in [-0.4, -0.2) is 35.4 Å². The first-order valence-electron chi connectivity index (χ1n) is 6.74. The maximum atomic E-state index is 10.9. The average molecular weight is 301 g/mol. The number of aldehydes is 1. The van der Waals surface area contributed by atoms with Crippen molar-refractivity contribution in [3.8, 4) is 6.07 Å². The standard InChI is InChI=1S/C15H15N3O4/c1-2-22-15(9-16)13(5-6-19)17-12-7-10(8-14(20)21)3-4-11(12)18-15/h3-4,6-7,18H,2,5,8H2,1H3,(H,20,21). The van der Waals surface area contributed by atoms with E-state index in [1.807, 2.05) is 6.07 Å². The van der Waals surface area contributed by atoms with Crippen molar-refractivity contribution in [2.24, 2.45) is 4.99 Å². The molecule has 1 heterocycles. The van der Waals surface area contributed by atoms with Crippen LogP contribution in [0, 0.1) is 11.3 Å². The van der Waals surface area contributed by atoms with Gasteiger partial charge in [-0.05, 0) is 24.6 Å². The van der Waals surface area contributed by atoms with Crippen LogP contribution < -0.4 is 5.32 Å². The van der Waals surface area contributed by atoms with Crippen molar-refractivity contribution in [2.75, 3.05) is 11.9 Å². The summed E-state index contributed by atoms with van der Waals surface area (Å²) in [5.74, 6) is -0.943. The fourth-order valence-corrected chi connectivity index (χ4v) is 2.27. The van der Waals surface area contributed by atoms with Gasteiger partial charge in [-0.3, -0.25) is 4.79 Å². The first kappa shape index (κ1) is 15.7. The molecule has 0 bridgehead atoms. The number of carbonyl (C=O) groups is 2. The lowest BCUT2D eigenvalue weighted by atomic mass is 10.0. The summed E-state index contributed by atoms with van der Waals surface area (Å²) >= 11 is 0. The van der Waals surface area contributed by atoms with Gasteiger partial charge in [-0.15, -0.1) is 0 Å². The van der Waals surface area contributed by atoms with Gasteiger partial charge in [0.15, 0.2) is 0 Å². The highest BCUT2D eigenvalue weighted by Gasteiger charge is 2.40. The zero-order valence-electron chi connectivity index (χ0n) is 12.0. The predicted octanol–water partition coefficient (Wildman–Crippen LogP) is 1.66. The van der Waals surface area contributed by atoms with Gasteiger partial charge >= 0.3 is 5.97 Å². The van der Waals surface area contributed by atoms with E-state index in [4.69, 9.17) is 9.84 Å². The number of ether oxygens (including phenoxy) is 1. The molecule has 1 aliphatic heterocycles. The van der Waals surface area contributed by atoms with E-state index in [-0.39, 0.29) is 25.2 Å². The number of nitrogens with zero attached hydrogens (tertiary/aromatic N) is 2. The van der Waals surface area contributed by atoms with Crippen LogP contribution in [-0.2, 0) is 20.7 Å². The molecule has 22 heavy (non-hydrogen) atoms. The molecule has 1 atom stereocenters. The smallest absolute Gasteiger partial charge is 0.307 e. The SMILES string of the molecule is CCOC1(C#N)Nc2ccc(CC(=O)O)cc2N=C1CC=O. The lowest BCUT2D eigenvalue weighted by Gasteiger charge is -2.33. The number of aliphatic carboxylic acids is 1. The number of rotatable bonds is 6. The second-order valence-corrected chi connectivity index (χ2v) is 4.70. The highest BCUT2D eigenvalue weighted by Crippen LogP contribution is 2.35. The number of carbonyl (C=O) groups excluding carboxylic acids is 1. The van der Waals surface area contributed by atoms with E-state index >= 15 is 0 Å². The number of carboxylic acid groups (broad SMARTS) is 1. The largest absolute Gasteiger partial charge is 0.481 e. The number of fused-ring (bicyclic) bond motifs is 1. The summed E-state index contributed by atoms with van der Waals surface area (Å²) in [5, 5.41) is 21.3. The molecule has 0 amide bonds. The Balaban J connectivity index is 2.47. The molecule has 1 unspecified atom stereocenters. The molecular weight excluding hydrogens is 286 g/mol. The Morgan fingerprint density at radius 2 is 2.36 bits per heavy atom. The maximum absolute atomic E-state index is 10.9. The molecule has 0 spiro atoms. The van der Waals surface area contributed by atoms with Gasteiger partial charge in [0.2, 0.25) is 0 Å². The summed E-state index contributed by atoms with van der Waals surface area (Å²) in [6, 6.07) is 6.94. The number of hydrogen-bond acceptors (Lipinski definition) is 6. The number of carboxylic acids is 1. The second kappa shape index (κ2) is 6.37. The predicted molar refractivity (Wildman–Crippen MR) is 79.2 cm³/mol. The van der Waals surface area contributed by atoms with Crippen molar-refractivity contribution in [2.45, 2.75) is 25.5 Å². The van der Waals surface area contributed by atoms with Crippen molar-refractivity contribution in [1.82, 2.24) is 0 Å². The van der Waals surface area contributed by atoms with Crippen LogP contribution in [0.25, 0.3) is 0 Å². The van der Waals surface area contributed by atoms with Gasteiger partial charge in [0, 0.05) is 13.0 Å². The highest BCUT2D eigenvalue weighted by atomic mass is 16.5. The monoisotopic (exact) mass is 301 g/mol. The third kappa shape index (κ3) is 2.97. The summed E-state index contributed by atoms with van der Waals surface area (Å²) in [4.78, 5) is 26.0. The number of anilines is 1. The molecule has 7 heteroatoms. The highest BCUT2D eigenvalue weighted by molar-refractivity contribution is 6.07. The zero-order chi connectivity index (χ0) is 16.2. The summed E-state index contributed by atoms with van der Waals surface area (Å²) < 4.78 is 5.48. The first-order chi connectivity index (χ1) is 10.5. The van der Waals surface area contributed by atoms with E-state index in [0.717, 1.165) is 0 Å². The van der Waals surface area contributed by atoms with Gasteiger partial charge < -0.3 is 20.0 Å². The molecule has 1 aromatic rings. The average Bonchev–Trinajstić information content (AvgIpc) is 2.48. The van der Waals surface area contributed by atoms with Gasteiger partial charge in [-0.25, -0.2) is 4.99 Å². The molecule has 1 aromatic carbocycles. The topological polar surface area (TPSA) is 112 Å². The molecule has 2 N–H and O–H groups in total. The zero-order valence-corrected chi connectivity index (χ0v) is 12.0. The fourth-order valence-electron chi connectivity index (χ4n) is 2.27. The van der Waals surface area contributed by atoms with Crippen LogP contribution in [0.1, 0.15) is 18.9 Å². The molecule has 0 radical (unpaired) electrons. The third-order valence-electron chi connectivity index (χ3n) is 3.18. The first-order valence-corrected chi connectivity index (χ1v) is 6.74. The number of benzene rings is 1. The van der Waals surface area contributed by atoms with Gasteiger partial charge in [-0.1, -0.05) is 6.07 Å². The number of hydrogen-bond donors (Lipinski definition) is 2. The van der Waals surface area contributed by atoms with Crippen LogP contribution in [0.4, 0.5) is 11.4 Å². The summed E-state index contributed by atoms with van der Waals surface area (Å²) in [7, 11) is 0. The van der Waals surface area contributed by atoms with Crippen molar-refractivity contribution >= 4 is 29.3 Å². The molecular formula is C15H15N3O4. The Morgan fingerprint density at radius 3 is 2.95 bits per heavy atom. The lowest BCUT2D eigenvalue weighted by Crippen LogP contribution is -2.49. The minimum absolute atomic E-state index is 0.0524. The van der Waals surface area contributed by atoms with Crippen molar-refractivity contribution in [1.29, 1.82) is 5.26 Å². The van der Waals surface area contributed by atoms with Gasteiger partial charge in [0.1, 0.15) is 12.4 Å². The van der Waals surface area contributed by atoms with Crippen LogP contribution in [0.3, 0.4) is 0 Å². The summed E-state index contributed by atoms with van der Waals surface area (Å²) in [5.41, 5.74) is 0.409. The molecule has 2 rings (SSSR count). The van der Waals surface area contributed by atoms with Crippen LogP contribution in [0.5, 0.6) is 0 Å². The number of aliphatic imine (C=N–C) groups is 1. The minimum Gasteiger partial charge on any atom is -0.481 e. The van der Waals surface area contributed by atoms with E-state index < -0.39 is 11.7 Å². The quantitative estimate of drug-likeness (QED) is 0.773. The Morgan fingerprint density at radius 1 is 1.59 bits per heavy atom. The normalized spacial score (nSPS) is 19.4. The van der Waals surface area contributed by atoms with Gasteiger partial charge in [-0.2, -0.15) is 5.26 Å². The van der Waals surface area contributed by atoms with E-state index in [2.05, 4.69) is 10.3 Å². The third-order valence-corrected chi connectivity index (χ3v) is 3.18. The van der Waals surface area contributed by atoms with Gasteiger partial charge in [0.05, 0.1) is 23.5 Å². The van der Waals surface area contributed by atoms with E-state index in [9.17, 15) is 14.9 Å². The molecule has 114 valence electrons. The Labute approximate surface area is 127 Å². The fraction of sp³-hybridized carbons (Fsp3) is 0.333. The Bertz CT molecular complexity index is 678. The van der Waals surface area contributed by atoms with E-state index in [1.165, 1.54) is 0 Å². The van der Waals surface area contributed by atoms with E-state index in [0.29, 0.717) is 23.2 Å². The van der Waals surface area contributed by atoms with Crippen molar-refractivity contribution in [3.63, 3.8) is 0 Å². The van der Waals surface area contributed by atoms with E-state index in [1.54, 1.807) is 25.1 Å². The van der Waals surface area contributed by atoms with Crippen molar-refractivity contribution < 1.29 is 19.4 Å². The molecule has 0 saturated heterocycles. The van der Waals surface area contributed by atoms with Crippen LogP contribution in [0.15, 0.2) is 23.2 Å². The molecule has 7 nitrogen and oxygen atoms in total. The maximum Gasteiger partial charge on any atom is 0.307 e. The van der Waals surface area contributed by atoms with Gasteiger partial charge in [0.25, 0.3) is 5.72 Å². The summed E-state index contributed by atoms with van der Waals surface area (Å²) in [6.45, 7) is 2.01. The Hall–Kier alpha value is -2.72. The molecule has 0 saturated carbocycles. The van der Waals surface area contributed by atoms with Crippen LogP contribution in [0.2, 0.25) is 0 Å². The Kier molecular flexibility index (Phi) is 4.53. The minimum atomic E-state index is -1.48. The number of nitrogens with one attached hydrogen (secondary N) is 1. The van der Waals surface area contributed by atoms with Crippen LogP contribution >= 0.6 is 0 Å². The molecule has 0 fully saturated rings. The lowest BCUT2D eigenvalue weighted by molar-refractivity contribution is -0.136. The van der Waals surface area contributed by atoms with Crippen molar-refractivity contribution in [3.05, 3.63) is 23.8 Å². The molecule has 0 aliphatic carbocycles. The molecule has 1 aliphatic rings. The summed E-state index contributed by atoms with van der Waals surface area (Å²) in [6.07, 6.45) is 0.474. The molecule has 0 aromatic heterocycles. The second-order valence-electron chi connectivity index (χ2n) is 4.70.